The fraction of sp³-hybridized carbons (Fsp3) is 0.267. The fourth-order valence-corrected chi connectivity index (χ4v) is 3.10. The molecule has 98 valence electrons. The molecule has 3 nitrogen and oxygen atoms in total. The number of hydrogen-bond acceptors (Lipinski definition) is 4. The molecule has 1 aromatic heterocycles. The van der Waals surface area contributed by atoms with Crippen molar-refractivity contribution in [2.24, 2.45) is 0 Å². The average molecular weight is 271 g/mol. The lowest BCUT2D eigenvalue weighted by Gasteiger charge is -2.11. The third-order valence-corrected chi connectivity index (χ3v) is 4.30. The van der Waals surface area contributed by atoms with Crippen molar-refractivity contribution in [3.05, 3.63) is 53.2 Å². The van der Waals surface area contributed by atoms with Crippen LogP contribution in [0.4, 0.5) is 5.69 Å². The zero-order valence-electron chi connectivity index (χ0n) is 11.2. The molecule has 1 aromatic carbocycles. The first-order valence-corrected chi connectivity index (χ1v) is 7.19. The Hall–Kier alpha value is -1.52. The van der Waals surface area contributed by atoms with Crippen molar-refractivity contribution < 1.29 is 0 Å². The minimum atomic E-state index is 1.01. The van der Waals surface area contributed by atoms with Gasteiger partial charge in [-0.15, -0.1) is 0 Å². The van der Waals surface area contributed by atoms with Crippen LogP contribution in [0.2, 0.25) is 0 Å². The summed E-state index contributed by atoms with van der Waals surface area (Å²) < 4.78 is 3.45. The average Bonchev–Trinajstić information content (AvgIpc) is 2.78. The van der Waals surface area contributed by atoms with Gasteiger partial charge in [-0.1, -0.05) is 18.2 Å². The quantitative estimate of drug-likeness (QED) is 0.865. The van der Waals surface area contributed by atoms with E-state index in [1.54, 1.807) is 11.9 Å². The molecule has 0 aliphatic carbocycles. The summed E-state index contributed by atoms with van der Waals surface area (Å²) in [6.07, 6.45) is 1.83. The Balaban J connectivity index is 1.79. The summed E-state index contributed by atoms with van der Waals surface area (Å²) in [5.41, 5.74) is 5.23. The van der Waals surface area contributed by atoms with Crippen LogP contribution in [0.15, 0.2) is 41.6 Å². The number of rotatable bonds is 3. The Morgan fingerprint density at radius 2 is 2.11 bits per heavy atom. The number of fused-ring (bicyclic) bond motifs is 1. The van der Waals surface area contributed by atoms with Gasteiger partial charge in [-0.2, -0.15) is 0 Å². The Kier molecular flexibility index (Phi) is 3.44. The van der Waals surface area contributed by atoms with Gasteiger partial charge in [0.15, 0.2) is 0 Å². The number of hydrogen-bond donors (Lipinski definition) is 1. The molecule has 19 heavy (non-hydrogen) atoms. The number of pyridine rings is 1. The van der Waals surface area contributed by atoms with E-state index in [9.17, 15) is 0 Å². The molecule has 0 fully saturated rings. The molecule has 2 aromatic rings. The van der Waals surface area contributed by atoms with E-state index in [-0.39, 0.29) is 0 Å². The maximum absolute atomic E-state index is 4.39. The van der Waals surface area contributed by atoms with Gasteiger partial charge < -0.3 is 4.72 Å². The minimum Gasteiger partial charge on any atom is -0.324 e. The summed E-state index contributed by atoms with van der Waals surface area (Å²) in [6.45, 7) is 4.14. The number of benzene rings is 1. The SMILES string of the molecule is Cc1cccnc1SNc1cccc2c1CN(C)C2. The summed E-state index contributed by atoms with van der Waals surface area (Å²) in [7, 11) is 2.15. The van der Waals surface area contributed by atoms with Crippen molar-refractivity contribution in [1.29, 1.82) is 0 Å². The first-order valence-electron chi connectivity index (χ1n) is 6.38. The second kappa shape index (κ2) is 5.23. The molecule has 2 heterocycles. The van der Waals surface area contributed by atoms with Crippen LogP contribution in [0.3, 0.4) is 0 Å². The highest BCUT2D eigenvalue weighted by atomic mass is 32.2. The highest BCUT2D eigenvalue weighted by Gasteiger charge is 2.18. The first kappa shape index (κ1) is 12.5. The van der Waals surface area contributed by atoms with Gasteiger partial charge in [0.25, 0.3) is 0 Å². The maximum atomic E-state index is 4.39. The third kappa shape index (κ3) is 2.60. The zero-order valence-corrected chi connectivity index (χ0v) is 12.0. The summed E-state index contributed by atoms with van der Waals surface area (Å²) in [5, 5.41) is 1.03. The van der Waals surface area contributed by atoms with Crippen LogP contribution in [-0.4, -0.2) is 16.9 Å². The fourth-order valence-electron chi connectivity index (χ4n) is 2.36. The molecule has 0 atom stereocenters. The van der Waals surface area contributed by atoms with Gasteiger partial charge in [0, 0.05) is 36.9 Å². The molecule has 0 spiro atoms. The van der Waals surface area contributed by atoms with Gasteiger partial charge in [-0.3, -0.25) is 4.90 Å². The minimum absolute atomic E-state index is 1.01. The lowest BCUT2D eigenvalue weighted by Crippen LogP contribution is -2.07. The lowest BCUT2D eigenvalue weighted by molar-refractivity contribution is 0.353. The van der Waals surface area contributed by atoms with E-state index in [1.165, 1.54) is 22.4 Å². The number of aromatic nitrogens is 1. The smallest absolute Gasteiger partial charge is 0.119 e. The standard InChI is InChI=1S/C15H17N3S/c1-11-5-4-8-16-15(11)19-17-14-7-3-6-12-9-18(2)10-13(12)14/h3-8,17H,9-10H2,1-2H3. The van der Waals surface area contributed by atoms with E-state index >= 15 is 0 Å². The highest BCUT2D eigenvalue weighted by molar-refractivity contribution is 8.00. The molecular formula is C15H17N3S. The monoisotopic (exact) mass is 271 g/mol. The molecule has 0 radical (unpaired) electrons. The van der Waals surface area contributed by atoms with Gasteiger partial charge in [-0.25, -0.2) is 4.98 Å². The number of nitrogens with zero attached hydrogens (tertiary/aromatic N) is 2. The molecule has 0 saturated carbocycles. The molecular weight excluding hydrogens is 254 g/mol. The van der Waals surface area contributed by atoms with E-state index in [4.69, 9.17) is 0 Å². The van der Waals surface area contributed by atoms with Gasteiger partial charge in [0.05, 0.1) is 0 Å². The van der Waals surface area contributed by atoms with Crippen LogP contribution in [0.25, 0.3) is 0 Å². The van der Waals surface area contributed by atoms with Crippen molar-refractivity contribution in [2.75, 3.05) is 11.8 Å². The van der Waals surface area contributed by atoms with Crippen LogP contribution < -0.4 is 4.72 Å². The van der Waals surface area contributed by atoms with E-state index in [1.807, 2.05) is 12.3 Å². The molecule has 3 rings (SSSR count). The van der Waals surface area contributed by atoms with Crippen LogP contribution in [-0.2, 0) is 13.1 Å². The molecule has 0 unspecified atom stereocenters. The Bertz CT molecular complexity index is 598. The molecule has 1 N–H and O–H groups in total. The van der Waals surface area contributed by atoms with Gasteiger partial charge >= 0.3 is 0 Å². The molecule has 0 amide bonds. The largest absolute Gasteiger partial charge is 0.324 e. The van der Waals surface area contributed by atoms with E-state index in [0.29, 0.717) is 0 Å². The first-order chi connectivity index (χ1) is 9.24. The second-order valence-corrected chi connectivity index (χ2v) is 5.74. The van der Waals surface area contributed by atoms with Crippen LogP contribution in [0.5, 0.6) is 0 Å². The molecule has 1 aliphatic rings. The van der Waals surface area contributed by atoms with E-state index < -0.39 is 0 Å². The van der Waals surface area contributed by atoms with Crippen LogP contribution in [0, 0.1) is 6.92 Å². The lowest BCUT2D eigenvalue weighted by atomic mass is 10.1. The van der Waals surface area contributed by atoms with Gasteiger partial charge in [-0.05, 0) is 42.8 Å². The topological polar surface area (TPSA) is 28.2 Å². The predicted octanol–water partition coefficient (Wildman–Crippen LogP) is 3.45. The second-order valence-electron chi connectivity index (χ2n) is 4.95. The number of aryl methyl sites for hydroxylation is 1. The van der Waals surface area contributed by atoms with Crippen molar-refractivity contribution in [3.8, 4) is 0 Å². The Morgan fingerprint density at radius 1 is 1.21 bits per heavy atom. The van der Waals surface area contributed by atoms with Crippen molar-refractivity contribution in [3.63, 3.8) is 0 Å². The Labute approximate surface area is 118 Å². The molecule has 1 aliphatic heterocycles. The van der Waals surface area contributed by atoms with E-state index in [0.717, 1.165) is 18.1 Å². The maximum Gasteiger partial charge on any atom is 0.119 e. The molecule has 4 heteroatoms. The highest BCUT2D eigenvalue weighted by Crippen LogP contribution is 2.31. The predicted molar refractivity (Wildman–Crippen MR) is 80.1 cm³/mol. The van der Waals surface area contributed by atoms with Gasteiger partial charge in [0.2, 0.25) is 0 Å². The number of anilines is 1. The van der Waals surface area contributed by atoms with Crippen LogP contribution in [0.1, 0.15) is 16.7 Å². The van der Waals surface area contributed by atoms with Crippen molar-refractivity contribution >= 4 is 17.6 Å². The summed E-state index contributed by atoms with van der Waals surface area (Å²) in [6, 6.07) is 10.5. The van der Waals surface area contributed by atoms with Crippen molar-refractivity contribution in [2.45, 2.75) is 25.0 Å². The van der Waals surface area contributed by atoms with Gasteiger partial charge in [0.1, 0.15) is 5.03 Å². The summed E-state index contributed by atoms with van der Waals surface area (Å²) in [5.74, 6) is 0. The van der Waals surface area contributed by atoms with Crippen molar-refractivity contribution in [1.82, 2.24) is 9.88 Å². The molecule has 0 bridgehead atoms. The zero-order chi connectivity index (χ0) is 13.2. The third-order valence-electron chi connectivity index (χ3n) is 3.36. The summed E-state index contributed by atoms with van der Waals surface area (Å²) in [4.78, 5) is 6.72. The normalized spacial score (nSPS) is 14.4. The Morgan fingerprint density at radius 3 is 2.95 bits per heavy atom. The summed E-state index contributed by atoms with van der Waals surface area (Å²) >= 11 is 1.59. The van der Waals surface area contributed by atoms with Crippen LogP contribution >= 0.6 is 11.9 Å². The molecule has 0 saturated heterocycles. The van der Waals surface area contributed by atoms with E-state index in [2.05, 4.69) is 52.8 Å². The number of nitrogens with one attached hydrogen (secondary N) is 1.